The van der Waals surface area contributed by atoms with Crippen LogP contribution in [-0.4, -0.2) is 11.2 Å². The summed E-state index contributed by atoms with van der Waals surface area (Å²) in [7, 11) is 0. The van der Waals surface area contributed by atoms with Gasteiger partial charge in [-0.3, -0.25) is 0 Å². The van der Waals surface area contributed by atoms with Crippen molar-refractivity contribution in [3.05, 3.63) is 49.1 Å². The molecule has 1 heteroatoms. The lowest BCUT2D eigenvalue weighted by atomic mass is 10.1. The van der Waals surface area contributed by atoms with Gasteiger partial charge in [-0.25, -0.2) is 0 Å². The molecule has 1 nitrogen and oxygen atoms in total. The van der Waals surface area contributed by atoms with E-state index < -0.39 is 0 Å². The monoisotopic (exact) mass is 262 g/mol. The molecule has 0 aliphatic heterocycles. The third kappa shape index (κ3) is 14.9. The Bertz CT molecular complexity index is 273. The van der Waals surface area contributed by atoms with Crippen molar-refractivity contribution in [1.29, 1.82) is 0 Å². The SMILES string of the molecule is C=C/C=C/C=C/C=C/CCCCCCC(O)CCC. The Morgan fingerprint density at radius 2 is 1.58 bits per heavy atom. The van der Waals surface area contributed by atoms with Gasteiger partial charge < -0.3 is 5.11 Å². The largest absolute Gasteiger partial charge is 0.393 e. The first-order valence-corrected chi connectivity index (χ1v) is 7.60. The van der Waals surface area contributed by atoms with Gasteiger partial charge in [0.2, 0.25) is 0 Å². The summed E-state index contributed by atoms with van der Waals surface area (Å²) in [6.45, 7) is 5.73. The quantitative estimate of drug-likeness (QED) is 0.371. The van der Waals surface area contributed by atoms with Crippen molar-refractivity contribution < 1.29 is 5.11 Å². The highest BCUT2D eigenvalue weighted by Crippen LogP contribution is 2.10. The van der Waals surface area contributed by atoms with E-state index in [-0.39, 0.29) is 6.10 Å². The summed E-state index contributed by atoms with van der Waals surface area (Å²) in [4.78, 5) is 0. The molecule has 1 N–H and O–H groups in total. The molecule has 0 aromatic carbocycles. The molecule has 0 saturated carbocycles. The third-order valence-corrected chi connectivity index (χ3v) is 3.00. The van der Waals surface area contributed by atoms with E-state index in [9.17, 15) is 5.11 Å². The Labute approximate surface area is 119 Å². The first kappa shape index (κ1) is 17.9. The molecule has 108 valence electrons. The van der Waals surface area contributed by atoms with Crippen molar-refractivity contribution in [2.75, 3.05) is 0 Å². The number of hydrogen-bond donors (Lipinski definition) is 1. The number of aliphatic hydroxyl groups is 1. The molecule has 0 aromatic heterocycles. The van der Waals surface area contributed by atoms with Gasteiger partial charge in [0, 0.05) is 0 Å². The van der Waals surface area contributed by atoms with Crippen LogP contribution in [0.3, 0.4) is 0 Å². The van der Waals surface area contributed by atoms with Crippen LogP contribution in [0.5, 0.6) is 0 Å². The summed E-state index contributed by atoms with van der Waals surface area (Å²) in [5.74, 6) is 0. The Morgan fingerprint density at radius 3 is 2.32 bits per heavy atom. The maximum absolute atomic E-state index is 9.58. The molecule has 0 aliphatic rings. The van der Waals surface area contributed by atoms with Crippen molar-refractivity contribution in [3.63, 3.8) is 0 Å². The maximum atomic E-state index is 9.58. The fraction of sp³-hybridized carbons (Fsp3) is 0.556. The van der Waals surface area contributed by atoms with E-state index in [2.05, 4.69) is 25.7 Å². The van der Waals surface area contributed by atoms with Gasteiger partial charge in [0.1, 0.15) is 0 Å². The van der Waals surface area contributed by atoms with Gasteiger partial charge in [-0.05, 0) is 25.7 Å². The Hall–Kier alpha value is -1.08. The fourth-order valence-electron chi connectivity index (χ4n) is 1.92. The van der Waals surface area contributed by atoms with Gasteiger partial charge >= 0.3 is 0 Å². The van der Waals surface area contributed by atoms with Gasteiger partial charge in [-0.1, -0.05) is 81.7 Å². The molecule has 0 heterocycles. The van der Waals surface area contributed by atoms with Crippen LogP contribution < -0.4 is 0 Å². The number of aliphatic hydroxyl groups excluding tert-OH is 1. The summed E-state index contributed by atoms with van der Waals surface area (Å²) < 4.78 is 0. The minimum Gasteiger partial charge on any atom is -0.393 e. The molecule has 0 bridgehead atoms. The van der Waals surface area contributed by atoms with Gasteiger partial charge in [-0.2, -0.15) is 0 Å². The first-order chi connectivity index (χ1) is 9.31. The average Bonchev–Trinajstić information content (AvgIpc) is 2.40. The zero-order valence-electron chi connectivity index (χ0n) is 12.4. The van der Waals surface area contributed by atoms with Crippen LogP contribution in [0.2, 0.25) is 0 Å². The number of hydrogen-bond acceptors (Lipinski definition) is 1. The van der Waals surface area contributed by atoms with Crippen LogP contribution in [-0.2, 0) is 0 Å². The minimum absolute atomic E-state index is 0.0707. The van der Waals surface area contributed by atoms with Crippen LogP contribution in [0.15, 0.2) is 49.1 Å². The van der Waals surface area contributed by atoms with E-state index in [1.165, 1.54) is 19.3 Å². The Morgan fingerprint density at radius 1 is 0.895 bits per heavy atom. The van der Waals surface area contributed by atoms with E-state index in [1.807, 2.05) is 24.3 Å². The molecule has 19 heavy (non-hydrogen) atoms. The summed E-state index contributed by atoms with van der Waals surface area (Å²) in [6, 6.07) is 0. The Balaban J connectivity index is 3.31. The van der Waals surface area contributed by atoms with Crippen LogP contribution in [0.25, 0.3) is 0 Å². The Kier molecular flexibility index (Phi) is 14.1. The van der Waals surface area contributed by atoms with Gasteiger partial charge in [0.15, 0.2) is 0 Å². The topological polar surface area (TPSA) is 20.2 Å². The minimum atomic E-state index is -0.0707. The molecule has 0 aromatic rings. The second-order valence-corrected chi connectivity index (χ2v) is 4.87. The molecule has 0 spiro atoms. The smallest absolute Gasteiger partial charge is 0.0540 e. The lowest BCUT2D eigenvalue weighted by Gasteiger charge is -2.07. The summed E-state index contributed by atoms with van der Waals surface area (Å²) in [5.41, 5.74) is 0. The zero-order valence-corrected chi connectivity index (χ0v) is 12.4. The van der Waals surface area contributed by atoms with Crippen molar-refractivity contribution in [2.45, 2.75) is 64.4 Å². The van der Waals surface area contributed by atoms with Crippen molar-refractivity contribution in [3.8, 4) is 0 Å². The molecule has 0 rings (SSSR count). The first-order valence-electron chi connectivity index (χ1n) is 7.60. The predicted molar refractivity (Wildman–Crippen MR) is 86.2 cm³/mol. The maximum Gasteiger partial charge on any atom is 0.0540 e. The molecule has 0 radical (unpaired) electrons. The molecule has 1 unspecified atom stereocenters. The van der Waals surface area contributed by atoms with Crippen molar-refractivity contribution >= 4 is 0 Å². The molecule has 0 fully saturated rings. The number of rotatable bonds is 12. The van der Waals surface area contributed by atoms with Crippen LogP contribution in [0.4, 0.5) is 0 Å². The highest BCUT2D eigenvalue weighted by atomic mass is 16.3. The lowest BCUT2D eigenvalue weighted by molar-refractivity contribution is 0.150. The highest BCUT2D eigenvalue weighted by molar-refractivity contribution is 5.14. The van der Waals surface area contributed by atoms with E-state index in [0.717, 1.165) is 32.1 Å². The number of allylic oxidation sites excluding steroid dienone is 7. The van der Waals surface area contributed by atoms with Gasteiger partial charge in [-0.15, -0.1) is 0 Å². The second-order valence-electron chi connectivity index (χ2n) is 4.87. The number of unbranched alkanes of at least 4 members (excludes halogenated alkanes) is 4. The molecular weight excluding hydrogens is 232 g/mol. The predicted octanol–water partition coefficient (Wildman–Crippen LogP) is 5.34. The fourth-order valence-corrected chi connectivity index (χ4v) is 1.92. The van der Waals surface area contributed by atoms with Crippen LogP contribution in [0.1, 0.15) is 58.3 Å². The summed E-state index contributed by atoms with van der Waals surface area (Å²) in [6.07, 6.45) is 23.0. The molecule has 1 atom stereocenters. The van der Waals surface area contributed by atoms with Crippen LogP contribution >= 0.6 is 0 Å². The van der Waals surface area contributed by atoms with E-state index in [0.29, 0.717) is 0 Å². The van der Waals surface area contributed by atoms with E-state index in [1.54, 1.807) is 6.08 Å². The summed E-state index contributed by atoms with van der Waals surface area (Å²) in [5, 5.41) is 9.58. The normalized spacial score (nSPS) is 13.8. The van der Waals surface area contributed by atoms with Crippen molar-refractivity contribution in [1.82, 2.24) is 0 Å². The van der Waals surface area contributed by atoms with Gasteiger partial charge in [0.05, 0.1) is 6.10 Å². The molecule has 0 amide bonds. The van der Waals surface area contributed by atoms with E-state index in [4.69, 9.17) is 0 Å². The van der Waals surface area contributed by atoms with Crippen molar-refractivity contribution in [2.24, 2.45) is 0 Å². The lowest BCUT2D eigenvalue weighted by Crippen LogP contribution is -2.04. The summed E-state index contributed by atoms with van der Waals surface area (Å²) >= 11 is 0. The van der Waals surface area contributed by atoms with E-state index >= 15 is 0 Å². The van der Waals surface area contributed by atoms with Crippen LogP contribution in [0, 0.1) is 0 Å². The van der Waals surface area contributed by atoms with Gasteiger partial charge in [0.25, 0.3) is 0 Å². The standard InChI is InChI=1S/C18H30O/c1-3-5-6-7-8-9-10-11-12-13-14-15-17-18(19)16-4-2/h3,5-10,18-19H,1,4,11-17H2,2H3/b6-5+,8-7+,10-9+. The average molecular weight is 262 g/mol. The molecule has 0 saturated heterocycles. The molecule has 0 aliphatic carbocycles. The third-order valence-electron chi connectivity index (χ3n) is 3.00. The zero-order chi connectivity index (χ0) is 14.2. The molecular formula is C18H30O. The highest BCUT2D eigenvalue weighted by Gasteiger charge is 2.01. The second kappa shape index (κ2) is 15.0.